The minimum Gasteiger partial charge on any atom is -0.494 e. The lowest BCUT2D eigenvalue weighted by Crippen LogP contribution is -2.35. The summed E-state index contributed by atoms with van der Waals surface area (Å²) in [6, 6.07) is 7.51. The van der Waals surface area contributed by atoms with Gasteiger partial charge in [-0.1, -0.05) is 0 Å². The average Bonchev–Trinajstić information content (AvgIpc) is 2.99. The minimum absolute atomic E-state index is 0.0483. The summed E-state index contributed by atoms with van der Waals surface area (Å²) in [5.41, 5.74) is 0.814. The summed E-state index contributed by atoms with van der Waals surface area (Å²) in [6.07, 6.45) is 2.98. The van der Waals surface area contributed by atoms with Crippen molar-refractivity contribution in [2.24, 2.45) is 0 Å². The van der Waals surface area contributed by atoms with E-state index in [0.717, 1.165) is 43.8 Å². The molecule has 0 radical (unpaired) electrons. The molecule has 1 heterocycles. The zero-order valence-electron chi connectivity index (χ0n) is 12.9. The van der Waals surface area contributed by atoms with Crippen molar-refractivity contribution < 1.29 is 9.53 Å². The van der Waals surface area contributed by atoms with Gasteiger partial charge in [-0.05, 0) is 64.2 Å². The Morgan fingerprint density at radius 1 is 1.38 bits per heavy atom. The molecule has 2 rings (SSSR count). The number of ether oxygens (including phenoxy) is 1. The fraction of sp³-hybridized carbons (Fsp3) is 0.562. The summed E-state index contributed by atoms with van der Waals surface area (Å²) in [6.45, 7) is 2.65. The number of benzene rings is 1. The van der Waals surface area contributed by atoms with Crippen molar-refractivity contribution in [2.75, 3.05) is 39.1 Å². The van der Waals surface area contributed by atoms with Crippen molar-refractivity contribution in [3.05, 3.63) is 24.3 Å². The van der Waals surface area contributed by atoms with Crippen molar-refractivity contribution in [3.63, 3.8) is 0 Å². The van der Waals surface area contributed by atoms with Crippen molar-refractivity contribution in [1.29, 1.82) is 0 Å². The van der Waals surface area contributed by atoms with Gasteiger partial charge >= 0.3 is 0 Å². The number of nitrogens with one attached hydrogen (secondary N) is 2. The summed E-state index contributed by atoms with van der Waals surface area (Å²) in [4.78, 5) is 14.1. The molecule has 21 heavy (non-hydrogen) atoms. The number of carbonyl (C=O) groups excluding carboxylic acids is 1. The van der Waals surface area contributed by atoms with Gasteiger partial charge in [-0.25, -0.2) is 0 Å². The second-order valence-corrected chi connectivity index (χ2v) is 5.67. The van der Waals surface area contributed by atoms with Gasteiger partial charge in [0.05, 0.1) is 12.6 Å². The Kier molecular flexibility index (Phi) is 6.02. The Morgan fingerprint density at radius 3 is 2.76 bits per heavy atom. The third kappa shape index (κ3) is 5.36. The van der Waals surface area contributed by atoms with Crippen molar-refractivity contribution >= 4 is 11.6 Å². The largest absolute Gasteiger partial charge is 0.494 e. The molecule has 116 valence electrons. The number of hydrogen-bond donors (Lipinski definition) is 2. The van der Waals surface area contributed by atoms with Gasteiger partial charge in [0.2, 0.25) is 5.91 Å². The first-order valence-electron chi connectivity index (χ1n) is 7.57. The van der Waals surface area contributed by atoms with E-state index in [0.29, 0.717) is 6.61 Å². The minimum atomic E-state index is -0.0491. The molecule has 0 spiro atoms. The third-order valence-electron chi connectivity index (χ3n) is 3.52. The standard InChI is InChI=1S/C16H25N3O2/c1-19(2)11-4-12-21-14-8-6-13(7-9-14)18-16(20)15-5-3-10-17-15/h6-9,15,17H,3-5,10-12H2,1-2H3,(H,18,20). The van der Waals surface area contributed by atoms with E-state index >= 15 is 0 Å². The van der Waals surface area contributed by atoms with E-state index < -0.39 is 0 Å². The summed E-state index contributed by atoms with van der Waals surface area (Å²) in [7, 11) is 4.10. The van der Waals surface area contributed by atoms with Gasteiger partial charge in [0.15, 0.2) is 0 Å². The predicted molar refractivity (Wildman–Crippen MR) is 84.8 cm³/mol. The van der Waals surface area contributed by atoms with Crippen molar-refractivity contribution in [1.82, 2.24) is 10.2 Å². The Labute approximate surface area is 126 Å². The molecule has 2 N–H and O–H groups in total. The van der Waals surface area contributed by atoms with Crippen LogP contribution < -0.4 is 15.4 Å². The van der Waals surface area contributed by atoms with Crippen LogP contribution in [0.15, 0.2) is 24.3 Å². The molecule has 1 fully saturated rings. The average molecular weight is 291 g/mol. The van der Waals surface area contributed by atoms with Crippen LogP contribution in [0.1, 0.15) is 19.3 Å². The van der Waals surface area contributed by atoms with Crippen LogP contribution in [0.4, 0.5) is 5.69 Å². The zero-order valence-corrected chi connectivity index (χ0v) is 12.9. The molecule has 1 atom stereocenters. The molecule has 0 aliphatic carbocycles. The van der Waals surface area contributed by atoms with Gasteiger partial charge in [-0.3, -0.25) is 4.79 Å². The van der Waals surface area contributed by atoms with Gasteiger partial charge in [0, 0.05) is 12.2 Å². The van der Waals surface area contributed by atoms with Gasteiger partial charge in [-0.2, -0.15) is 0 Å². The van der Waals surface area contributed by atoms with Crippen LogP contribution >= 0.6 is 0 Å². The molecule has 0 saturated carbocycles. The van der Waals surface area contributed by atoms with E-state index in [-0.39, 0.29) is 11.9 Å². The van der Waals surface area contributed by atoms with Crippen molar-refractivity contribution in [2.45, 2.75) is 25.3 Å². The second-order valence-electron chi connectivity index (χ2n) is 5.67. The van der Waals surface area contributed by atoms with E-state index in [1.807, 2.05) is 24.3 Å². The van der Waals surface area contributed by atoms with Crippen LogP contribution in [0.2, 0.25) is 0 Å². The molecule has 5 nitrogen and oxygen atoms in total. The van der Waals surface area contributed by atoms with Gasteiger partial charge in [-0.15, -0.1) is 0 Å². The maximum atomic E-state index is 12.0. The molecule has 1 saturated heterocycles. The van der Waals surface area contributed by atoms with Crippen LogP contribution in [0.25, 0.3) is 0 Å². The summed E-state index contributed by atoms with van der Waals surface area (Å²) in [5.74, 6) is 0.887. The second kappa shape index (κ2) is 8.00. The molecule has 1 aromatic carbocycles. The lowest BCUT2D eigenvalue weighted by molar-refractivity contribution is -0.117. The van der Waals surface area contributed by atoms with Gasteiger partial charge < -0.3 is 20.3 Å². The smallest absolute Gasteiger partial charge is 0.241 e. The van der Waals surface area contributed by atoms with Crippen LogP contribution in [-0.2, 0) is 4.79 Å². The predicted octanol–water partition coefficient (Wildman–Crippen LogP) is 1.71. The number of nitrogens with zero attached hydrogens (tertiary/aromatic N) is 1. The molecular formula is C16H25N3O2. The summed E-state index contributed by atoms with van der Waals surface area (Å²) >= 11 is 0. The highest BCUT2D eigenvalue weighted by atomic mass is 16.5. The number of rotatable bonds is 7. The van der Waals surface area contributed by atoms with Crippen LogP contribution in [0, 0.1) is 0 Å². The van der Waals surface area contributed by atoms with Crippen LogP contribution in [0.3, 0.4) is 0 Å². The fourth-order valence-electron chi connectivity index (χ4n) is 2.34. The van der Waals surface area contributed by atoms with E-state index in [2.05, 4.69) is 29.6 Å². The topological polar surface area (TPSA) is 53.6 Å². The Balaban J connectivity index is 1.74. The molecule has 1 amide bonds. The monoisotopic (exact) mass is 291 g/mol. The lowest BCUT2D eigenvalue weighted by atomic mass is 10.2. The molecular weight excluding hydrogens is 266 g/mol. The highest BCUT2D eigenvalue weighted by Gasteiger charge is 2.21. The summed E-state index contributed by atoms with van der Waals surface area (Å²) < 4.78 is 5.66. The van der Waals surface area contributed by atoms with E-state index in [1.165, 1.54) is 0 Å². The highest BCUT2D eigenvalue weighted by molar-refractivity contribution is 5.95. The first kappa shape index (κ1) is 15.8. The molecule has 1 aliphatic heterocycles. The van der Waals surface area contributed by atoms with E-state index in [1.54, 1.807) is 0 Å². The molecule has 1 aromatic rings. The van der Waals surface area contributed by atoms with E-state index in [4.69, 9.17) is 4.74 Å². The van der Waals surface area contributed by atoms with Gasteiger partial charge in [0.1, 0.15) is 5.75 Å². The maximum Gasteiger partial charge on any atom is 0.241 e. The number of anilines is 1. The Bertz CT molecular complexity index is 439. The first-order valence-corrected chi connectivity index (χ1v) is 7.57. The zero-order chi connectivity index (χ0) is 15.1. The molecule has 1 aliphatic rings. The maximum absolute atomic E-state index is 12.0. The summed E-state index contributed by atoms with van der Waals surface area (Å²) in [5, 5.41) is 6.12. The lowest BCUT2D eigenvalue weighted by Gasteiger charge is -2.12. The molecule has 5 heteroatoms. The Hall–Kier alpha value is -1.59. The SMILES string of the molecule is CN(C)CCCOc1ccc(NC(=O)C2CCCN2)cc1. The quantitative estimate of drug-likeness (QED) is 0.751. The normalized spacial score (nSPS) is 18.0. The highest BCUT2D eigenvalue weighted by Crippen LogP contribution is 2.17. The van der Waals surface area contributed by atoms with Crippen LogP contribution in [-0.4, -0.2) is 50.6 Å². The number of hydrogen-bond acceptors (Lipinski definition) is 4. The third-order valence-corrected chi connectivity index (χ3v) is 3.52. The number of amides is 1. The molecule has 0 aromatic heterocycles. The molecule has 0 bridgehead atoms. The first-order chi connectivity index (χ1) is 10.1. The van der Waals surface area contributed by atoms with Crippen LogP contribution in [0.5, 0.6) is 5.75 Å². The number of carbonyl (C=O) groups is 1. The molecule has 1 unspecified atom stereocenters. The fourth-order valence-corrected chi connectivity index (χ4v) is 2.34. The van der Waals surface area contributed by atoms with Crippen molar-refractivity contribution in [3.8, 4) is 5.75 Å². The van der Waals surface area contributed by atoms with Gasteiger partial charge in [0.25, 0.3) is 0 Å². The Morgan fingerprint density at radius 2 is 2.14 bits per heavy atom. The van der Waals surface area contributed by atoms with E-state index in [9.17, 15) is 4.79 Å².